The van der Waals surface area contributed by atoms with Gasteiger partial charge in [0.25, 0.3) is 0 Å². The molecule has 0 spiro atoms. The standard InChI is InChI=1S/C6H12N2O3/c1-8(2)6(10)7-4-5(9)11-3/h4H2,1-3H3,(H,7,10). The number of esters is 1. The molecule has 0 saturated carbocycles. The summed E-state index contributed by atoms with van der Waals surface area (Å²) in [6.07, 6.45) is 0. The Labute approximate surface area is 65.3 Å². The minimum atomic E-state index is -0.458. The van der Waals surface area contributed by atoms with Crippen LogP contribution in [0.5, 0.6) is 0 Å². The van der Waals surface area contributed by atoms with Crippen molar-refractivity contribution >= 4 is 12.0 Å². The second kappa shape index (κ2) is 4.54. The van der Waals surface area contributed by atoms with E-state index in [4.69, 9.17) is 0 Å². The van der Waals surface area contributed by atoms with Crippen LogP contribution in [0.1, 0.15) is 0 Å². The van der Waals surface area contributed by atoms with Gasteiger partial charge in [0.1, 0.15) is 6.54 Å². The smallest absolute Gasteiger partial charge is 0.325 e. The molecule has 0 aliphatic heterocycles. The van der Waals surface area contributed by atoms with Crippen LogP contribution in [0.25, 0.3) is 0 Å². The molecule has 0 saturated heterocycles. The van der Waals surface area contributed by atoms with E-state index in [0.29, 0.717) is 0 Å². The molecule has 5 heteroatoms. The number of carbonyl (C=O) groups is 2. The first-order chi connectivity index (χ1) is 5.07. The number of nitrogens with zero attached hydrogens (tertiary/aromatic N) is 1. The zero-order valence-corrected chi connectivity index (χ0v) is 6.88. The molecule has 1 N–H and O–H groups in total. The fourth-order valence-corrected chi connectivity index (χ4v) is 0.378. The lowest BCUT2D eigenvalue weighted by Crippen LogP contribution is -2.37. The molecular weight excluding hydrogens is 148 g/mol. The van der Waals surface area contributed by atoms with Crippen molar-refractivity contribution < 1.29 is 14.3 Å². The summed E-state index contributed by atoms with van der Waals surface area (Å²) in [7, 11) is 4.45. The lowest BCUT2D eigenvalue weighted by Gasteiger charge is -2.10. The van der Waals surface area contributed by atoms with Crippen molar-refractivity contribution in [1.29, 1.82) is 0 Å². The SMILES string of the molecule is COC(=O)CNC(=O)N(C)C. The normalized spacial score (nSPS) is 8.64. The van der Waals surface area contributed by atoms with Gasteiger partial charge in [0.2, 0.25) is 0 Å². The average Bonchev–Trinajstić information content (AvgIpc) is 1.99. The Morgan fingerprint density at radius 2 is 2.00 bits per heavy atom. The van der Waals surface area contributed by atoms with E-state index < -0.39 is 5.97 Å². The van der Waals surface area contributed by atoms with Crippen LogP contribution in [0, 0.1) is 0 Å². The second-order valence-corrected chi connectivity index (χ2v) is 2.13. The van der Waals surface area contributed by atoms with Gasteiger partial charge < -0.3 is 15.0 Å². The number of urea groups is 1. The number of nitrogens with one attached hydrogen (secondary N) is 1. The number of ether oxygens (including phenoxy) is 1. The zero-order valence-electron chi connectivity index (χ0n) is 6.88. The maximum absolute atomic E-state index is 10.8. The van der Waals surface area contributed by atoms with E-state index in [1.165, 1.54) is 12.0 Å². The molecule has 2 amide bonds. The van der Waals surface area contributed by atoms with Crippen molar-refractivity contribution in [1.82, 2.24) is 10.2 Å². The van der Waals surface area contributed by atoms with Gasteiger partial charge in [-0.1, -0.05) is 0 Å². The molecular formula is C6H12N2O3. The van der Waals surface area contributed by atoms with Crippen LogP contribution in [0.15, 0.2) is 0 Å². The quantitative estimate of drug-likeness (QED) is 0.550. The summed E-state index contributed by atoms with van der Waals surface area (Å²) in [5, 5.41) is 2.35. The van der Waals surface area contributed by atoms with Crippen molar-refractivity contribution in [3.63, 3.8) is 0 Å². The number of carbonyl (C=O) groups excluding carboxylic acids is 2. The molecule has 0 atom stereocenters. The molecule has 0 aromatic rings. The van der Waals surface area contributed by atoms with Crippen LogP contribution in [0.3, 0.4) is 0 Å². The van der Waals surface area contributed by atoms with Crippen molar-refractivity contribution in [2.24, 2.45) is 0 Å². The van der Waals surface area contributed by atoms with Crippen LogP contribution < -0.4 is 5.32 Å². The van der Waals surface area contributed by atoms with Crippen LogP contribution in [-0.4, -0.2) is 44.7 Å². The van der Waals surface area contributed by atoms with E-state index in [2.05, 4.69) is 10.1 Å². The summed E-state index contributed by atoms with van der Waals surface area (Å²) in [6, 6.07) is -0.310. The molecule has 5 nitrogen and oxygen atoms in total. The van der Waals surface area contributed by atoms with Gasteiger partial charge in [-0.15, -0.1) is 0 Å². The Balaban J connectivity index is 3.54. The average molecular weight is 160 g/mol. The van der Waals surface area contributed by atoms with Gasteiger partial charge >= 0.3 is 12.0 Å². The molecule has 11 heavy (non-hydrogen) atoms. The fraction of sp³-hybridized carbons (Fsp3) is 0.667. The first-order valence-corrected chi connectivity index (χ1v) is 3.10. The van der Waals surface area contributed by atoms with E-state index >= 15 is 0 Å². The highest BCUT2D eigenvalue weighted by molar-refractivity contribution is 5.80. The van der Waals surface area contributed by atoms with Gasteiger partial charge in [0.15, 0.2) is 0 Å². The van der Waals surface area contributed by atoms with Crippen molar-refractivity contribution in [2.45, 2.75) is 0 Å². The number of rotatable bonds is 2. The van der Waals surface area contributed by atoms with E-state index in [1.807, 2.05) is 0 Å². The Morgan fingerprint density at radius 1 is 1.45 bits per heavy atom. The van der Waals surface area contributed by atoms with Crippen molar-refractivity contribution in [3.05, 3.63) is 0 Å². The van der Waals surface area contributed by atoms with Gasteiger partial charge in [0, 0.05) is 14.1 Å². The topological polar surface area (TPSA) is 58.6 Å². The summed E-state index contributed by atoms with van der Waals surface area (Å²) < 4.78 is 4.31. The van der Waals surface area contributed by atoms with Gasteiger partial charge in [-0.2, -0.15) is 0 Å². The Morgan fingerprint density at radius 3 is 2.36 bits per heavy atom. The van der Waals surface area contributed by atoms with E-state index in [-0.39, 0.29) is 12.6 Å². The number of methoxy groups -OCH3 is 1. The van der Waals surface area contributed by atoms with E-state index in [9.17, 15) is 9.59 Å². The zero-order chi connectivity index (χ0) is 8.85. The molecule has 0 bridgehead atoms. The van der Waals surface area contributed by atoms with Crippen LogP contribution in [-0.2, 0) is 9.53 Å². The minimum absolute atomic E-state index is 0.0898. The lowest BCUT2D eigenvalue weighted by atomic mass is 10.6. The highest BCUT2D eigenvalue weighted by Crippen LogP contribution is 1.76. The number of hydrogen-bond donors (Lipinski definition) is 1. The minimum Gasteiger partial charge on any atom is -0.468 e. The van der Waals surface area contributed by atoms with Crippen molar-refractivity contribution in [3.8, 4) is 0 Å². The fourth-order valence-electron chi connectivity index (χ4n) is 0.378. The molecule has 0 aromatic heterocycles. The first-order valence-electron chi connectivity index (χ1n) is 3.10. The number of hydrogen-bond acceptors (Lipinski definition) is 3. The monoisotopic (exact) mass is 160 g/mol. The van der Waals surface area contributed by atoms with Gasteiger partial charge in [-0.3, -0.25) is 4.79 Å². The molecule has 0 aliphatic rings. The number of amides is 2. The Kier molecular flexibility index (Phi) is 4.02. The van der Waals surface area contributed by atoms with Gasteiger partial charge in [-0.25, -0.2) is 4.79 Å². The molecule has 0 aromatic carbocycles. The molecule has 0 heterocycles. The summed E-state index contributed by atoms with van der Waals surface area (Å²) in [5.41, 5.74) is 0. The molecule has 0 fully saturated rings. The Bertz CT molecular complexity index is 156. The van der Waals surface area contributed by atoms with E-state index in [0.717, 1.165) is 0 Å². The van der Waals surface area contributed by atoms with Gasteiger partial charge in [0.05, 0.1) is 7.11 Å². The first kappa shape index (κ1) is 9.74. The largest absolute Gasteiger partial charge is 0.468 e. The third kappa shape index (κ3) is 4.19. The lowest BCUT2D eigenvalue weighted by molar-refractivity contribution is -0.139. The van der Waals surface area contributed by atoms with Crippen molar-refractivity contribution in [2.75, 3.05) is 27.7 Å². The summed E-state index contributed by atoms with van der Waals surface area (Å²) in [5.74, 6) is -0.458. The summed E-state index contributed by atoms with van der Waals surface area (Å²) >= 11 is 0. The molecule has 0 rings (SSSR count). The molecule has 64 valence electrons. The van der Waals surface area contributed by atoms with Crippen LogP contribution in [0.4, 0.5) is 4.79 Å². The molecule has 0 unspecified atom stereocenters. The van der Waals surface area contributed by atoms with Crippen LogP contribution >= 0.6 is 0 Å². The summed E-state index contributed by atoms with van der Waals surface area (Å²) in [6.45, 7) is -0.0898. The van der Waals surface area contributed by atoms with Crippen LogP contribution in [0.2, 0.25) is 0 Å². The predicted molar refractivity (Wildman–Crippen MR) is 39.1 cm³/mol. The third-order valence-electron chi connectivity index (χ3n) is 1.02. The maximum atomic E-state index is 10.8. The maximum Gasteiger partial charge on any atom is 0.325 e. The third-order valence-corrected chi connectivity index (χ3v) is 1.02. The highest BCUT2D eigenvalue weighted by Gasteiger charge is 2.05. The Hall–Kier alpha value is -1.26. The molecule has 0 aliphatic carbocycles. The second-order valence-electron chi connectivity index (χ2n) is 2.13. The van der Waals surface area contributed by atoms with Gasteiger partial charge in [-0.05, 0) is 0 Å². The van der Waals surface area contributed by atoms with E-state index in [1.54, 1.807) is 14.1 Å². The highest BCUT2D eigenvalue weighted by atomic mass is 16.5. The predicted octanol–water partition coefficient (Wildman–Crippen LogP) is -0.569. The summed E-state index contributed by atoms with van der Waals surface area (Å²) in [4.78, 5) is 22.6. The molecule has 0 radical (unpaired) electrons.